The Morgan fingerprint density at radius 3 is 2.72 bits per heavy atom. The molecule has 1 amide bonds. The summed E-state index contributed by atoms with van der Waals surface area (Å²) in [6.45, 7) is 4.90. The Bertz CT molecular complexity index is 842. The van der Waals surface area contributed by atoms with Crippen molar-refractivity contribution in [1.82, 2.24) is 14.8 Å². The molecule has 156 valence electrons. The van der Waals surface area contributed by atoms with Gasteiger partial charge in [0.05, 0.1) is 18.4 Å². The number of rotatable bonds is 6. The monoisotopic (exact) mass is 477 g/mol. The summed E-state index contributed by atoms with van der Waals surface area (Å²) in [6, 6.07) is 6.01. The summed E-state index contributed by atoms with van der Waals surface area (Å²) in [5.41, 5.74) is 2.14. The van der Waals surface area contributed by atoms with Crippen LogP contribution in [0.3, 0.4) is 0 Å². The molecule has 2 saturated heterocycles. The number of aromatic nitrogens is 1. The number of carbonyl (C=O) groups is 1. The molecule has 0 radical (unpaired) electrons. The van der Waals surface area contributed by atoms with Crippen molar-refractivity contribution < 1.29 is 9.53 Å². The van der Waals surface area contributed by atoms with Crippen molar-refractivity contribution in [3.63, 3.8) is 0 Å². The van der Waals surface area contributed by atoms with Gasteiger partial charge in [-0.1, -0.05) is 15.9 Å². The van der Waals surface area contributed by atoms with E-state index in [4.69, 9.17) is 9.72 Å². The van der Waals surface area contributed by atoms with Crippen LogP contribution in [-0.2, 0) is 11.3 Å². The van der Waals surface area contributed by atoms with Crippen molar-refractivity contribution in [1.29, 1.82) is 0 Å². The highest BCUT2D eigenvalue weighted by Crippen LogP contribution is 2.35. The van der Waals surface area contributed by atoms with Crippen molar-refractivity contribution in [2.24, 2.45) is 5.92 Å². The standard InChI is InChI=1S/C22H28BrN3O2S/c1-28-20-5-4-17(23)13-19(20)22-24-18(15-29-22)14-25-10-6-16(7-11-25)12-21(27)26-8-2-3-9-26/h4-5,13,15-16H,2-3,6-12,14H2,1H3. The lowest BCUT2D eigenvalue weighted by atomic mass is 9.93. The number of thiazole rings is 1. The van der Waals surface area contributed by atoms with Crippen molar-refractivity contribution >= 4 is 33.2 Å². The molecule has 29 heavy (non-hydrogen) atoms. The van der Waals surface area contributed by atoms with Crippen molar-refractivity contribution in [3.8, 4) is 16.3 Å². The predicted octanol–water partition coefficient (Wildman–Crippen LogP) is 4.81. The fraction of sp³-hybridized carbons (Fsp3) is 0.545. The largest absolute Gasteiger partial charge is 0.496 e. The Morgan fingerprint density at radius 1 is 1.24 bits per heavy atom. The van der Waals surface area contributed by atoms with E-state index in [1.165, 1.54) is 12.8 Å². The third kappa shape index (κ3) is 5.19. The summed E-state index contributed by atoms with van der Waals surface area (Å²) in [7, 11) is 1.69. The van der Waals surface area contributed by atoms with Crippen LogP contribution < -0.4 is 4.74 Å². The fourth-order valence-corrected chi connectivity index (χ4v) is 5.46. The van der Waals surface area contributed by atoms with Gasteiger partial charge in [-0.3, -0.25) is 9.69 Å². The Kier molecular flexibility index (Phi) is 6.88. The smallest absolute Gasteiger partial charge is 0.222 e. The number of ether oxygens (including phenoxy) is 1. The maximum Gasteiger partial charge on any atom is 0.222 e. The Balaban J connectivity index is 1.30. The summed E-state index contributed by atoms with van der Waals surface area (Å²) < 4.78 is 6.52. The molecule has 2 fully saturated rings. The quantitative estimate of drug-likeness (QED) is 0.598. The van der Waals surface area contributed by atoms with E-state index in [0.717, 1.165) is 78.5 Å². The first kappa shape index (κ1) is 20.8. The highest BCUT2D eigenvalue weighted by atomic mass is 79.9. The summed E-state index contributed by atoms with van der Waals surface area (Å²) in [6.07, 6.45) is 5.29. The van der Waals surface area contributed by atoms with Crippen molar-refractivity contribution in [3.05, 3.63) is 33.7 Å². The molecule has 0 N–H and O–H groups in total. The maximum atomic E-state index is 12.4. The average Bonchev–Trinajstić information content (AvgIpc) is 3.42. The molecule has 0 aliphatic carbocycles. The molecular weight excluding hydrogens is 450 g/mol. The number of methoxy groups -OCH3 is 1. The molecule has 1 aromatic carbocycles. The molecular formula is C22H28BrN3O2S. The van der Waals surface area contributed by atoms with Crippen molar-refractivity contribution in [2.75, 3.05) is 33.3 Å². The third-order valence-electron chi connectivity index (χ3n) is 5.96. The van der Waals surface area contributed by atoms with Crippen LogP contribution >= 0.6 is 27.3 Å². The molecule has 3 heterocycles. The van der Waals surface area contributed by atoms with Crippen LogP contribution in [0.2, 0.25) is 0 Å². The lowest BCUT2D eigenvalue weighted by molar-refractivity contribution is -0.131. The molecule has 0 spiro atoms. The fourth-order valence-electron chi connectivity index (χ4n) is 4.27. The van der Waals surface area contributed by atoms with E-state index in [1.807, 2.05) is 12.1 Å². The second kappa shape index (κ2) is 9.58. The zero-order valence-electron chi connectivity index (χ0n) is 16.9. The molecule has 1 aromatic heterocycles. The van der Waals surface area contributed by atoms with Gasteiger partial charge in [-0.25, -0.2) is 4.98 Å². The van der Waals surface area contributed by atoms with Crippen LogP contribution in [0.25, 0.3) is 10.6 Å². The molecule has 4 rings (SSSR count). The molecule has 2 aliphatic heterocycles. The van der Waals surface area contributed by atoms with Gasteiger partial charge in [0.15, 0.2) is 0 Å². The Labute approximate surface area is 185 Å². The van der Waals surface area contributed by atoms with Gasteiger partial charge in [-0.15, -0.1) is 11.3 Å². The number of benzene rings is 1. The molecule has 5 nitrogen and oxygen atoms in total. The normalized spacial score (nSPS) is 18.3. The molecule has 0 saturated carbocycles. The van der Waals surface area contributed by atoms with E-state index in [-0.39, 0.29) is 0 Å². The second-order valence-corrected chi connectivity index (χ2v) is 9.77. The van der Waals surface area contributed by atoms with Crippen LogP contribution in [-0.4, -0.2) is 54.0 Å². The highest BCUT2D eigenvalue weighted by molar-refractivity contribution is 9.10. The molecule has 0 atom stereocenters. The number of hydrogen-bond acceptors (Lipinski definition) is 5. The third-order valence-corrected chi connectivity index (χ3v) is 7.38. The lowest BCUT2D eigenvalue weighted by Gasteiger charge is -2.31. The summed E-state index contributed by atoms with van der Waals surface area (Å²) >= 11 is 5.20. The Morgan fingerprint density at radius 2 is 2.00 bits per heavy atom. The average molecular weight is 478 g/mol. The van der Waals surface area contributed by atoms with Gasteiger partial charge in [-0.05, 0) is 62.9 Å². The van der Waals surface area contributed by atoms with E-state index < -0.39 is 0 Å². The van der Waals surface area contributed by atoms with Gasteiger partial charge in [0.25, 0.3) is 0 Å². The van der Waals surface area contributed by atoms with Gasteiger partial charge >= 0.3 is 0 Å². The zero-order chi connectivity index (χ0) is 20.2. The van der Waals surface area contributed by atoms with Crippen LogP contribution in [0.4, 0.5) is 0 Å². The zero-order valence-corrected chi connectivity index (χ0v) is 19.3. The van der Waals surface area contributed by atoms with E-state index in [9.17, 15) is 4.79 Å². The molecule has 0 unspecified atom stereocenters. The first-order chi connectivity index (χ1) is 14.1. The molecule has 2 aromatic rings. The van der Waals surface area contributed by atoms with E-state index in [1.54, 1.807) is 18.4 Å². The number of hydrogen-bond donors (Lipinski definition) is 0. The summed E-state index contributed by atoms with van der Waals surface area (Å²) in [4.78, 5) is 21.8. The van der Waals surface area contributed by atoms with E-state index in [2.05, 4.69) is 37.2 Å². The second-order valence-electron chi connectivity index (χ2n) is 8.00. The lowest BCUT2D eigenvalue weighted by Crippen LogP contribution is -2.36. The number of amides is 1. The molecule has 0 bridgehead atoms. The predicted molar refractivity (Wildman–Crippen MR) is 120 cm³/mol. The molecule has 2 aliphatic rings. The summed E-state index contributed by atoms with van der Waals surface area (Å²) in [5, 5.41) is 3.14. The minimum Gasteiger partial charge on any atom is -0.496 e. The SMILES string of the molecule is COc1ccc(Br)cc1-c1nc(CN2CCC(CC(=O)N3CCCC3)CC2)cs1. The van der Waals surface area contributed by atoms with Gasteiger partial charge in [0, 0.05) is 35.9 Å². The topological polar surface area (TPSA) is 45.7 Å². The number of carbonyl (C=O) groups excluding carboxylic acids is 1. The van der Waals surface area contributed by atoms with Crippen molar-refractivity contribution in [2.45, 2.75) is 38.6 Å². The first-order valence-corrected chi connectivity index (χ1v) is 12.1. The van der Waals surface area contributed by atoms with Crippen LogP contribution in [0.5, 0.6) is 5.75 Å². The number of halogens is 1. The molecule has 7 heteroatoms. The first-order valence-electron chi connectivity index (χ1n) is 10.4. The summed E-state index contributed by atoms with van der Waals surface area (Å²) in [5.74, 6) is 1.75. The van der Waals surface area contributed by atoms with Crippen LogP contribution in [0.1, 0.15) is 37.8 Å². The number of likely N-dealkylation sites (tertiary alicyclic amines) is 2. The van der Waals surface area contributed by atoms with Gasteiger partial charge in [-0.2, -0.15) is 0 Å². The maximum absolute atomic E-state index is 12.4. The van der Waals surface area contributed by atoms with E-state index in [0.29, 0.717) is 11.8 Å². The van der Waals surface area contributed by atoms with Gasteiger partial charge < -0.3 is 9.64 Å². The minimum atomic E-state index is 0.369. The van der Waals surface area contributed by atoms with E-state index >= 15 is 0 Å². The minimum absolute atomic E-state index is 0.369. The van der Waals surface area contributed by atoms with Crippen LogP contribution in [0, 0.1) is 5.92 Å². The highest BCUT2D eigenvalue weighted by Gasteiger charge is 2.25. The number of nitrogens with zero attached hydrogens (tertiary/aromatic N) is 3. The van der Waals surface area contributed by atoms with Crippen LogP contribution in [0.15, 0.2) is 28.1 Å². The van der Waals surface area contributed by atoms with Gasteiger partial charge in [0.1, 0.15) is 10.8 Å². The number of piperidine rings is 1. The Hall–Kier alpha value is -1.44. The van der Waals surface area contributed by atoms with Gasteiger partial charge in [0.2, 0.25) is 5.91 Å².